The Morgan fingerprint density at radius 1 is 1.30 bits per heavy atom. The maximum absolute atomic E-state index is 13.2. The number of rotatable bonds is 5. The number of hydrogen-bond acceptors (Lipinski definition) is 4. The maximum Gasteiger partial charge on any atom is 0.295 e. The summed E-state index contributed by atoms with van der Waals surface area (Å²) in [5.74, 6) is -0.157. The first kappa shape index (κ1) is 14.8. The molecule has 0 aliphatic carbocycles. The number of nitrogens with one attached hydrogen (secondary N) is 2. The average Bonchev–Trinajstić information content (AvgIpc) is 2.76. The molecule has 1 aromatic heterocycles. The van der Waals surface area contributed by atoms with Crippen LogP contribution in [-0.2, 0) is 16.6 Å². The Morgan fingerprint density at radius 2 is 2.05 bits per heavy atom. The van der Waals surface area contributed by atoms with Gasteiger partial charge in [0.1, 0.15) is 11.6 Å². The maximum atomic E-state index is 13.2. The van der Waals surface area contributed by atoms with E-state index in [0.717, 1.165) is 12.1 Å². The van der Waals surface area contributed by atoms with E-state index >= 15 is 0 Å². The SMILES string of the molecule is CNCc1ccc(S(=O)(=O)Nc2cc(F)cc(Cl)c2)o1. The van der Waals surface area contributed by atoms with Gasteiger partial charge in [0.25, 0.3) is 10.0 Å². The molecule has 8 heteroatoms. The van der Waals surface area contributed by atoms with Crippen molar-refractivity contribution in [2.45, 2.75) is 11.6 Å². The second kappa shape index (κ2) is 5.82. The van der Waals surface area contributed by atoms with Crippen LogP contribution in [0.1, 0.15) is 5.76 Å². The molecule has 0 radical (unpaired) electrons. The van der Waals surface area contributed by atoms with Crippen LogP contribution in [0.25, 0.3) is 0 Å². The van der Waals surface area contributed by atoms with E-state index in [1.807, 2.05) is 0 Å². The fraction of sp³-hybridized carbons (Fsp3) is 0.167. The largest absolute Gasteiger partial charge is 0.446 e. The highest BCUT2D eigenvalue weighted by atomic mass is 35.5. The third-order valence-corrected chi connectivity index (χ3v) is 3.84. The Labute approximate surface area is 120 Å². The molecule has 2 rings (SSSR count). The Morgan fingerprint density at radius 3 is 2.70 bits per heavy atom. The van der Waals surface area contributed by atoms with Gasteiger partial charge in [-0.15, -0.1) is 0 Å². The number of benzene rings is 1. The summed E-state index contributed by atoms with van der Waals surface area (Å²) < 4.78 is 44.6. The first-order valence-electron chi connectivity index (χ1n) is 5.63. The van der Waals surface area contributed by atoms with Gasteiger partial charge in [-0.05, 0) is 37.4 Å². The van der Waals surface area contributed by atoms with Crippen LogP contribution in [-0.4, -0.2) is 15.5 Å². The Hall–Kier alpha value is -1.57. The van der Waals surface area contributed by atoms with Crippen LogP contribution >= 0.6 is 11.6 Å². The second-order valence-corrected chi connectivity index (χ2v) is 6.06. The van der Waals surface area contributed by atoms with Crippen molar-refractivity contribution in [3.05, 3.63) is 46.9 Å². The molecule has 1 aromatic carbocycles. The van der Waals surface area contributed by atoms with E-state index in [0.29, 0.717) is 12.3 Å². The molecule has 0 amide bonds. The smallest absolute Gasteiger partial charge is 0.295 e. The Bertz CT molecular complexity index is 695. The molecule has 0 unspecified atom stereocenters. The lowest BCUT2D eigenvalue weighted by atomic mass is 10.3. The van der Waals surface area contributed by atoms with Gasteiger partial charge in [0, 0.05) is 5.02 Å². The molecule has 0 atom stereocenters. The van der Waals surface area contributed by atoms with Crippen LogP contribution in [0.5, 0.6) is 0 Å². The molecule has 2 N–H and O–H groups in total. The monoisotopic (exact) mass is 318 g/mol. The summed E-state index contributed by atoms with van der Waals surface area (Å²) >= 11 is 5.66. The van der Waals surface area contributed by atoms with Crippen LogP contribution in [0.15, 0.2) is 39.8 Å². The van der Waals surface area contributed by atoms with Crippen LogP contribution in [0, 0.1) is 5.82 Å². The topological polar surface area (TPSA) is 71.3 Å². The zero-order valence-corrected chi connectivity index (χ0v) is 12.1. The third kappa shape index (κ3) is 3.50. The highest BCUT2D eigenvalue weighted by Gasteiger charge is 2.19. The summed E-state index contributed by atoms with van der Waals surface area (Å²) in [7, 11) is -2.20. The normalized spacial score (nSPS) is 11.6. The fourth-order valence-corrected chi connectivity index (χ4v) is 2.80. The lowest BCUT2D eigenvalue weighted by molar-refractivity contribution is 0.408. The van der Waals surface area contributed by atoms with Crippen LogP contribution in [0.3, 0.4) is 0 Å². The molecule has 0 fully saturated rings. The van der Waals surface area contributed by atoms with Crippen molar-refractivity contribution < 1.29 is 17.2 Å². The minimum absolute atomic E-state index is 0.0292. The zero-order chi connectivity index (χ0) is 14.8. The van der Waals surface area contributed by atoms with Gasteiger partial charge in [0.15, 0.2) is 0 Å². The van der Waals surface area contributed by atoms with Crippen molar-refractivity contribution in [3.8, 4) is 0 Å². The summed E-state index contributed by atoms with van der Waals surface area (Å²) in [6.07, 6.45) is 0. The molecule has 1 heterocycles. The predicted molar refractivity (Wildman–Crippen MR) is 73.7 cm³/mol. The van der Waals surface area contributed by atoms with Gasteiger partial charge in [-0.25, -0.2) is 4.39 Å². The molecule has 20 heavy (non-hydrogen) atoms. The molecule has 0 saturated carbocycles. The molecule has 0 aliphatic heterocycles. The minimum Gasteiger partial charge on any atom is -0.446 e. The van der Waals surface area contributed by atoms with Gasteiger partial charge in [0.05, 0.1) is 12.2 Å². The summed E-state index contributed by atoms with van der Waals surface area (Å²) in [4.78, 5) is 0. The highest BCUT2D eigenvalue weighted by Crippen LogP contribution is 2.22. The standard InChI is InChI=1S/C12H12ClFN2O3S/c1-15-7-11-2-3-12(19-11)20(17,18)16-10-5-8(13)4-9(14)6-10/h2-6,15-16H,7H2,1H3. The average molecular weight is 319 g/mol. The molecule has 0 saturated heterocycles. The first-order chi connectivity index (χ1) is 9.40. The molecular formula is C12H12ClFN2O3S. The molecule has 0 aliphatic rings. The first-order valence-corrected chi connectivity index (χ1v) is 7.49. The van der Waals surface area contributed by atoms with E-state index < -0.39 is 15.8 Å². The summed E-state index contributed by atoms with van der Waals surface area (Å²) in [5.41, 5.74) is 0.0292. The number of hydrogen-bond donors (Lipinski definition) is 2. The molecule has 0 bridgehead atoms. The van der Waals surface area contributed by atoms with Crippen molar-refractivity contribution in [3.63, 3.8) is 0 Å². The van der Waals surface area contributed by atoms with Crippen molar-refractivity contribution in [2.75, 3.05) is 11.8 Å². The van der Waals surface area contributed by atoms with Crippen molar-refractivity contribution in [1.29, 1.82) is 0 Å². The third-order valence-electron chi connectivity index (χ3n) is 2.37. The Balaban J connectivity index is 2.25. The van der Waals surface area contributed by atoms with E-state index in [4.69, 9.17) is 16.0 Å². The summed E-state index contributed by atoms with van der Waals surface area (Å²) in [5, 5.41) is 2.69. The van der Waals surface area contributed by atoms with E-state index in [-0.39, 0.29) is 15.8 Å². The van der Waals surface area contributed by atoms with E-state index in [9.17, 15) is 12.8 Å². The summed E-state index contributed by atoms with van der Waals surface area (Å²) in [6.45, 7) is 0.404. The summed E-state index contributed by atoms with van der Waals surface area (Å²) in [6, 6.07) is 6.29. The highest BCUT2D eigenvalue weighted by molar-refractivity contribution is 7.92. The van der Waals surface area contributed by atoms with Gasteiger partial charge in [-0.1, -0.05) is 11.6 Å². The van der Waals surface area contributed by atoms with Gasteiger partial charge in [-0.2, -0.15) is 8.42 Å². The molecule has 108 valence electrons. The van der Waals surface area contributed by atoms with E-state index in [2.05, 4.69) is 10.0 Å². The number of sulfonamides is 1. The van der Waals surface area contributed by atoms with Gasteiger partial charge >= 0.3 is 0 Å². The van der Waals surface area contributed by atoms with Crippen LogP contribution in [0.4, 0.5) is 10.1 Å². The van der Waals surface area contributed by atoms with E-state index in [1.54, 1.807) is 13.1 Å². The minimum atomic E-state index is -3.91. The van der Waals surface area contributed by atoms with Gasteiger partial charge in [-0.3, -0.25) is 4.72 Å². The molecule has 0 spiro atoms. The number of anilines is 1. The number of furan rings is 1. The van der Waals surface area contributed by atoms with Crippen molar-refractivity contribution in [1.82, 2.24) is 5.32 Å². The lowest BCUT2D eigenvalue weighted by Gasteiger charge is -2.06. The fourth-order valence-electron chi connectivity index (χ4n) is 1.59. The molecular weight excluding hydrogens is 307 g/mol. The second-order valence-electron chi connectivity index (χ2n) is 4.01. The quantitative estimate of drug-likeness (QED) is 0.889. The number of halogens is 2. The van der Waals surface area contributed by atoms with Crippen molar-refractivity contribution in [2.24, 2.45) is 0 Å². The van der Waals surface area contributed by atoms with Crippen LogP contribution < -0.4 is 10.0 Å². The Kier molecular flexibility index (Phi) is 4.32. The molecule has 2 aromatic rings. The molecule has 5 nitrogen and oxygen atoms in total. The van der Waals surface area contributed by atoms with Gasteiger partial charge < -0.3 is 9.73 Å². The van der Waals surface area contributed by atoms with E-state index in [1.165, 1.54) is 12.1 Å². The van der Waals surface area contributed by atoms with Crippen LogP contribution in [0.2, 0.25) is 5.02 Å². The van der Waals surface area contributed by atoms with Crippen molar-refractivity contribution >= 4 is 27.3 Å². The lowest BCUT2D eigenvalue weighted by Crippen LogP contribution is -2.12. The zero-order valence-electron chi connectivity index (χ0n) is 10.5. The predicted octanol–water partition coefficient (Wildman–Crippen LogP) is 2.59. The van der Waals surface area contributed by atoms with Gasteiger partial charge in [0.2, 0.25) is 5.09 Å².